The maximum atomic E-state index is 11.9. The van der Waals surface area contributed by atoms with Crippen molar-refractivity contribution in [2.24, 2.45) is 0 Å². The highest BCUT2D eigenvalue weighted by Crippen LogP contribution is 2.27. The van der Waals surface area contributed by atoms with Gasteiger partial charge in [0.15, 0.2) is 11.5 Å². The molecule has 2 aromatic carbocycles. The summed E-state index contributed by atoms with van der Waals surface area (Å²) in [4.78, 5) is 23.7. The summed E-state index contributed by atoms with van der Waals surface area (Å²) in [6.45, 7) is 0.973. The van der Waals surface area contributed by atoms with Gasteiger partial charge in [0.2, 0.25) is 11.8 Å². The van der Waals surface area contributed by atoms with Crippen molar-refractivity contribution < 1.29 is 19.1 Å². The van der Waals surface area contributed by atoms with Crippen LogP contribution in [0.2, 0.25) is 0 Å². The molecule has 0 heterocycles. The first kappa shape index (κ1) is 20.3. The van der Waals surface area contributed by atoms with E-state index in [-0.39, 0.29) is 24.7 Å². The Hall–Kier alpha value is -3.02. The van der Waals surface area contributed by atoms with Crippen molar-refractivity contribution in [2.45, 2.75) is 25.8 Å². The van der Waals surface area contributed by atoms with Gasteiger partial charge in [0.1, 0.15) is 0 Å². The third kappa shape index (κ3) is 7.01. The highest BCUT2D eigenvalue weighted by molar-refractivity contribution is 5.83. The van der Waals surface area contributed by atoms with Crippen molar-refractivity contribution >= 4 is 11.8 Å². The Balaban J connectivity index is 1.65. The van der Waals surface area contributed by atoms with E-state index in [1.54, 1.807) is 14.2 Å². The minimum absolute atomic E-state index is 0.131. The molecule has 2 aromatic rings. The van der Waals surface area contributed by atoms with Gasteiger partial charge in [0.25, 0.3) is 0 Å². The zero-order chi connectivity index (χ0) is 19.5. The number of benzene rings is 2. The van der Waals surface area contributed by atoms with Gasteiger partial charge < -0.3 is 20.1 Å². The number of carbonyl (C=O) groups is 2. The summed E-state index contributed by atoms with van der Waals surface area (Å²) < 4.78 is 10.5. The van der Waals surface area contributed by atoms with Gasteiger partial charge in [-0.2, -0.15) is 0 Å². The van der Waals surface area contributed by atoms with E-state index in [0.29, 0.717) is 31.0 Å². The maximum Gasteiger partial charge on any atom is 0.220 e. The highest BCUT2D eigenvalue weighted by Gasteiger charge is 2.08. The molecule has 2 amide bonds. The van der Waals surface area contributed by atoms with Crippen LogP contribution in [-0.2, 0) is 22.6 Å². The molecule has 0 spiro atoms. The van der Waals surface area contributed by atoms with Crippen LogP contribution in [0.3, 0.4) is 0 Å². The molecule has 0 atom stereocenters. The molecule has 0 aliphatic rings. The molecule has 0 saturated heterocycles. The van der Waals surface area contributed by atoms with Crippen LogP contribution < -0.4 is 20.1 Å². The lowest BCUT2D eigenvalue weighted by atomic mass is 10.1. The van der Waals surface area contributed by atoms with Crippen LogP contribution in [0.1, 0.15) is 24.0 Å². The van der Waals surface area contributed by atoms with E-state index in [4.69, 9.17) is 9.47 Å². The lowest BCUT2D eigenvalue weighted by Crippen LogP contribution is -2.28. The topological polar surface area (TPSA) is 76.7 Å². The van der Waals surface area contributed by atoms with E-state index in [1.807, 2.05) is 48.5 Å². The van der Waals surface area contributed by atoms with Crippen LogP contribution >= 0.6 is 0 Å². The van der Waals surface area contributed by atoms with E-state index in [9.17, 15) is 9.59 Å². The summed E-state index contributed by atoms with van der Waals surface area (Å²) in [5.41, 5.74) is 2.07. The lowest BCUT2D eigenvalue weighted by molar-refractivity contribution is -0.126. The Kier molecular flexibility index (Phi) is 8.16. The second kappa shape index (κ2) is 10.9. The fraction of sp³-hybridized carbons (Fsp3) is 0.333. The number of rotatable bonds is 10. The minimum Gasteiger partial charge on any atom is -0.493 e. The average molecular weight is 370 g/mol. The van der Waals surface area contributed by atoms with E-state index in [1.165, 1.54) is 0 Å². The Morgan fingerprint density at radius 1 is 0.815 bits per heavy atom. The van der Waals surface area contributed by atoms with Gasteiger partial charge >= 0.3 is 0 Å². The van der Waals surface area contributed by atoms with Crippen molar-refractivity contribution in [1.29, 1.82) is 0 Å². The Morgan fingerprint density at radius 2 is 1.48 bits per heavy atom. The summed E-state index contributed by atoms with van der Waals surface area (Å²) in [5.74, 6) is 1.07. The van der Waals surface area contributed by atoms with E-state index < -0.39 is 0 Å². The number of hydrogen-bond donors (Lipinski definition) is 2. The van der Waals surface area contributed by atoms with E-state index in [2.05, 4.69) is 10.6 Å². The molecule has 0 bridgehead atoms. The molecule has 0 fully saturated rings. The standard InChI is InChI=1S/C21H26N2O4/c1-26-18-9-8-16(14-19(18)27-2)12-13-22-20(24)10-11-21(25)23-15-17-6-4-3-5-7-17/h3-9,14H,10-13,15H2,1-2H3,(H,22,24)(H,23,25). The molecule has 0 unspecified atom stereocenters. The van der Waals surface area contributed by atoms with Crippen molar-refractivity contribution in [1.82, 2.24) is 10.6 Å². The summed E-state index contributed by atoms with van der Waals surface area (Å²) in [5, 5.41) is 5.65. The van der Waals surface area contributed by atoms with Crippen LogP contribution in [0, 0.1) is 0 Å². The first-order valence-corrected chi connectivity index (χ1v) is 8.90. The first-order chi connectivity index (χ1) is 13.1. The van der Waals surface area contributed by atoms with E-state index >= 15 is 0 Å². The van der Waals surface area contributed by atoms with Crippen LogP contribution in [0.4, 0.5) is 0 Å². The third-order valence-electron chi connectivity index (χ3n) is 4.10. The zero-order valence-electron chi connectivity index (χ0n) is 15.8. The average Bonchev–Trinajstić information content (AvgIpc) is 2.71. The van der Waals surface area contributed by atoms with Crippen LogP contribution in [0.5, 0.6) is 11.5 Å². The second-order valence-corrected chi connectivity index (χ2v) is 6.05. The molecule has 2 N–H and O–H groups in total. The van der Waals surface area contributed by atoms with Crippen LogP contribution in [0.25, 0.3) is 0 Å². The Labute approximate surface area is 159 Å². The molecule has 0 aliphatic carbocycles. The second-order valence-electron chi connectivity index (χ2n) is 6.05. The normalized spacial score (nSPS) is 10.1. The van der Waals surface area contributed by atoms with Gasteiger partial charge in [-0.15, -0.1) is 0 Å². The zero-order valence-corrected chi connectivity index (χ0v) is 15.8. The molecule has 2 rings (SSSR count). The quantitative estimate of drug-likeness (QED) is 0.674. The van der Waals surface area contributed by atoms with Gasteiger partial charge in [-0.1, -0.05) is 36.4 Å². The Morgan fingerprint density at radius 3 is 2.15 bits per heavy atom. The molecular weight excluding hydrogens is 344 g/mol. The smallest absolute Gasteiger partial charge is 0.220 e. The summed E-state index contributed by atoms with van der Waals surface area (Å²) in [6.07, 6.45) is 1.02. The first-order valence-electron chi connectivity index (χ1n) is 8.90. The molecule has 6 nitrogen and oxygen atoms in total. The SMILES string of the molecule is COc1ccc(CCNC(=O)CCC(=O)NCc2ccccc2)cc1OC. The number of amides is 2. The minimum atomic E-state index is -0.134. The molecule has 6 heteroatoms. The number of hydrogen-bond acceptors (Lipinski definition) is 4. The van der Waals surface area contributed by atoms with Gasteiger partial charge in [-0.05, 0) is 29.7 Å². The molecule has 0 radical (unpaired) electrons. The van der Waals surface area contributed by atoms with Gasteiger partial charge in [0, 0.05) is 25.9 Å². The molecule has 144 valence electrons. The summed E-state index contributed by atoms with van der Waals surface area (Å²) in [7, 11) is 3.18. The monoisotopic (exact) mass is 370 g/mol. The molecule has 0 aromatic heterocycles. The Bertz CT molecular complexity index is 747. The van der Waals surface area contributed by atoms with Gasteiger partial charge in [0.05, 0.1) is 14.2 Å². The van der Waals surface area contributed by atoms with Crippen LogP contribution in [0.15, 0.2) is 48.5 Å². The van der Waals surface area contributed by atoms with Crippen molar-refractivity contribution in [3.63, 3.8) is 0 Å². The molecule has 27 heavy (non-hydrogen) atoms. The predicted molar refractivity (Wildman–Crippen MR) is 104 cm³/mol. The van der Waals surface area contributed by atoms with Crippen LogP contribution in [-0.4, -0.2) is 32.6 Å². The molecule has 0 saturated carbocycles. The van der Waals surface area contributed by atoms with Gasteiger partial charge in [-0.25, -0.2) is 0 Å². The van der Waals surface area contributed by atoms with Gasteiger partial charge in [-0.3, -0.25) is 9.59 Å². The number of carbonyl (C=O) groups excluding carboxylic acids is 2. The summed E-state index contributed by atoms with van der Waals surface area (Å²) >= 11 is 0. The lowest BCUT2D eigenvalue weighted by Gasteiger charge is -2.10. The largest absolute Gasteiger partial charge is 0.493 e. The number of nitrogens with one attached hydrogen (secondary N) is 2. The third-order valence-corrected chi connectivity index (χ3v) is 4.10. The van der Waals surface area contributed by atoms with Crippen molar-refractivity contribution in [3.8, 4) is 11.5 Å². The maximum absolute atomic E-state index is 11.9. The number of methoxy groups -OCH3 is 2. The van der Waals surface area contributed by atoms with E-state index in [0.717, 1.165) is 11.1 Å². The fourth-order valence-electron chi connectivity index (χ4n) is 2.58. The van der Waals surface area contributed by atoms with Crippen molar-refractivity contribution in [3.05, 3.63) is 59.7 Å². The summed E-state index contributed by atoms with van der Waals surface area (Å²) in [6, 6.07) is 15.3. The van der Waals surface area contributed by atoms with Crippen molar-refractivity contribution in [2.75, 3.05) is 20.8 Å². The fourth-order valence-corrected chi connectivity index (χ4v) is 2.58. The number of ether oxygens (including phenoxy) is 2. The highest BCUT2D eigenvalue weighted by atomic mass is 16.5. The predicted octanol–water partition coefficient (Wildman–Crippen LogP) is 2.46. The molecule has 0 aliphatic heterocycles. The molecular formula is C21H26N2O4.